The molecular weight excluding hydrogens is 296 g/mol. The minimum Gasteiger partial charge on any atom is -0.352 e. The van der Waals surface area contributed by atoms with E-state index in [0.29, 0.717) is 6.42 Å². The number of hydrogen-bond donors (Lipinski definition) is 0. The summed E-state index contributed by atoms with van der Waals surface area (Å²) < 4.78 is 0. The van der Waals surface area contributed by atoms with Crippen LogP contribution in [0.25, 0.3) is 10.2 Å². The van der Waals surface area contributed by atoms with E-state index in [1.165, 1.54) is 28.7 Å². The van der Waals surface area contributed by atoms with Crippen molar-refractivity contribution in [1.82, 2.24) is 14.9 Å². The number of amides is 1. The fraction of sp³-hybridized carbons (Fsp3) is 0.562. The minimum atomic E-state index is 0.254. The molecule has 1 aliphatic carbocycles. The monoisotopic (exact) mass is 316 g/mol. The Bertz CT molecular complexity index is 718. The molecule has 0 spiro atoms. The van der Waals surface area contributed by atoms with Crippen molar-refractivity contribution in [2.45, 2.75) is 32.6 Å². The van der Waals surface area contributed by atoms with Crippen LogP contribution in [-0.4, -0.2) is 47.0 Å². The van der Waals surface area contributed by atoms with Crippen molar-refractivity contribution in [3.63, 3.8) is 0 Å². The van der Waals surface area contributed by atoms with Gasteiger partial charge in [-0.1, -0.05) is 6.92 Å². The number of thiophene rings is 1. The molecule has 0 N–H and O–H groups in total. The van der Waals surface area contributed by atoms with Crippen LogP contribution in [0.15, 0.2) is 6.33 Å². The van der Waals surface area contributed by atoms with Gasteiger partial charge in [-0.2, -0.15) is 0 Å². The fourth-order valence-corrected chi connectivity index (χ4v) is 4.77. The Labute approximate surface area is 134 Å². The second-order valence-electron chi connectivity index (χ2n) is 5.96. The van der Waals surface area contributed by atoms with Crippen LogP contribution in [0.1, 0.15) is 30.2 Å². The van der Waals surface area contributed by atoms with Gasteiger partial charge < -0.3 is 9.80 Å². The molecule has 6 heteroatoms. The summed E-state index contributed by atoms with van der Waals surface area (Å²) >= 11 is 1.83. The molecule has 1 saturated heterocycles. The van der Waals surface area contributed by atoms with Crippen molar-refractivity contribution in [2.75, 3.05) is 31.1 Å². The van der Waals surface area contributed by atoms with Gasteiger partial charge in [0.25, 0.3) is 0 Å². The number of fused-ring (bicyclic) bond motifs is 3. The molecule has 0 aromatic carbocycles. The number of carbonyl (C=O) groups is 1. The Kier molecular flexibility index (Phi) is 3.48. The largest absolute Gasteiger partial charge is 0.352 e. The molecule has 4 rings (SSSR count). The molecular formula is C16H20N4OS. The van der Waals surface area contributed by atoms with Gasteiger partial charge in [0.15, 0.2) is 0 Å². The van der Waals surface area contributed by atoms with E-state index in [-0.39, 0.29) is 5.91 Å². The van der Waals surface area contributed by atoms with E-state index in [2.05, 4.69) is 14.9 Å². The molecule has 0 saturated carbocycles. The van der Waals surface area contributed by atoms with Crippen molar-refractivity contribution in [2.24, 2.45) is 0 Å². The average molecular weight is 316 g/mol. The number of aromatic nitrogens is 2. The summed E-state index contributed by atoms with van der Waals surface area (Å²) in [5.74, 6) is 1.33. The van der Waals surface area contributed by atoms with Gasteiger partial charge >= 0.3 is 0 Å². The maximum atomic E-state index is 11.8. The van der Waals surface area contributed by atoms with Crippen LogP contribution in [0.2, 0.25) is 0 Å². The first kappa shape index (κ1) is 13.9. The number of rotatable bonds is 2. The number of anilines is 1. The predicted molar refractivity (Wildman–Crippen MR) is 88.5 cm³/mol. The van der Waals surface area contributed by atoms with Gasteiger partial charge in [-0.15, -0.1) is 11.3 Å². The smallest absolute Gasteiger partial charge is 0.222 e. The molecule has 22 heavy (non-hydrogen) atoms. The van der Waals surface area contributed by atoms with Gasteiger partial charge in [0.1, 0.15) is 17.0 Å². The molecule has 1 aliphatic heterocycles. The maximum Gasteiger partial charge on any atom is 0.222 e. The molecule has 5 nitrogen and oxygen atoms in total. The lowest BCUT2D eigenvalue weighted by Crippen LogP contribution is -2.48. The summed E-state index contributed by atoms with van der Waals surface area (Å²) in [5.41, 5.74) is 1.47. The van der Waals surface area contributed by atoms with Crippen molar-refractivity contribution >= 4 is 33.3 Å². The molecule has 0 atom stereocenters. The molecule has 0 bridgehead atoms. The van der Waals surface area contributed by atoms with Gasteiger partial charge in [0.2, 0.25) is 5.91 Å². The van der Waals surface area contributed by atoms with Crippen LogP contribution in [0.5, 0.6) is 0 Å². The quantitative estimate of drug-likeness (QED) is 0.852. The molecule has 2 aromatic heterocycles. The predicted octanol–water partition coefficient (Wildman–Crippen LogP) is 2.24. The molecule has 0 unspecified atom stereocenters. The first-order chi connectivity index (χ1) is 10.8. The number of carbonyl (C=O) groups excluding carboxylic acids is 1. The van der Waals surface area contributed by atoms with E-state index in [0.717, 1.165) is 43.2 Å². The highest BCUT2D eigenvalue weighted by molar-refractivity contribution is 7.19. The number of nitrogens with zero attached hydrogens (tertiary/aromatic N) is 4. The van der Waals surface area contributed by atoms with E-state index in [4.69, 9.17) is 0 Å². The summed E-state index contributed by atoms with van der Waals surface area (Å²) in [6.45, 7) is 5.25. The molecule has 116 valence electrons. The van der Waals surface area contributed by atoms with Crippen LogP contribution in [-0.2, 0) is 17.6 Å². The lowest BCUT2D eigenvalue weighted by atomic mass is 10.1. The zero-order valence-corrected chi connectivity index (χ0v) is 13.7. The Balaban J connectivity index is 1.64. The Morgan fingerprint density at radius 3 is 2.82 bits per heavy atom. The first-order valence-electron chi connectivity index (χ1n) is 8.06. The summed E-state index contributed by atoms with van der Waals surface area (Å²) in [5, 5.41) is 1.27. The zero-order valence-electron chi connectivity index (χ0n) is 12.8. The van der Waals surface area contributed by atoms with Gasteiger partial charge in [0.05, 0.1) is 5.39 Å². The average Bonchev–Trinajstić information content (AvgIpc) is 3.14. The molecule has 3 heterocycles. The SMILES string of the molecule is CCC(=O)N1CCN(c2ncnc3sc4c(c23)CCC4)CC1. The third kappa shape index (κ3) is 2.17. The third-order valence-corrected chi connectivity index (χ3v) is 5.92. The number of aryl methyl sites for hydroxylation is 2. The molecule has 1 fully saturated rings. The lowest BCUT2D eigenvalue weighted by Gasteiger charge is -2.35. The summed E-state index contributed by atoms with van der Waals surface area (Å²) in [7, 11) is 0. The third-order valence-electron chi connectivity index (χ3n) is 4.72. The highest BCUT2D eigenvalue weighted by Gasteiger charge is 2.26. The van der Waals surface area contributed by atoms with Crippen molar-refractivity contribution in [1.29, 1.82) is 0 Å². The molecule has 0 radical (unpaired) electrons. The van der Waals surface area contributed by atoms with Crippen molar-refractivity contribution in [3.05, 3.63) is 16.8 Å². The summed E-state index contributed by atoms with van der Waals surface area (Å²) in [6, 6.07) is 0. The van der Waals surface area contributed by atoms with E-state index < -0.39 is 0 Å². The normalized spacial score (nSPS) is 18.0. The second kappa shape index (κ2) is 5.50. The van der Waals surface area contributed by atoms with E-state index in [9.17, 15) is 4.79 Å². The summed E-state index contributed by atoms with van der Waals surface area (Å²) in [6.07, 6.45) is 5.88. The van der Waals surface area contributed by atoms with Gasteiger partial charge in [0, 0.05) is 37.5 Å². The van der Waals surface area contributed by atoms with Gasteiger partial charge in [-0.25, -0.2) is 9.97 Å². The highest BCUT2D eigenvalue weighted by Crippen LogP contribution is 2.40. The van der Waals surface area contributed by atoms with Crippen LogP contribution in [0.4, 0.5) is 5.82 Å². The molecule has 2 aromatic rings. The van der Waals surface area contributed by atoms with E-state index >= 15 is 0 Å². The Morgan fingerprint density at radius 2 is 2.05 bits per heavy atom. The van der Waals surface area contributed by atoms with Crippen molar-refractivity contribution < 1.29 is 4.79 Å². The van der Waals surface area contributed by atoms with Gasteiger partial charge in [-0.05, 0) is 24.8 Å². The Morgan fingerprint density at radius 1 is 1.23 bits per heavy atom. The first-order valence-corrected chi connectivity index (χ1v) is 8.87. The van der Waals surface area contributed by atoms with E-state index in [1.807, 2.05) is 23.2 Å². The minimum absolute atomic E-state index is 0.254. The number of piperazine rings is 1. The molecule has 2 aliphatic rings. The van der Waals surface area contributed by atoms with Crippen LogP contribution in [0.3, 0.4) is 0 Å². The standard InChI is InChI=1S/C16H20N4OS/c1-2-13(21)19-6-8-20(9-7-19)15-14-11-4-3-5-12(11)22-16(14)18-10-17-15/h10H,2-9H2,1H3. The highest BCUT2D eigenvalue weighted by atomic mass is 32.1. The Hall–Kier alpha value is -1.69. The lowest BCUT2D eigenvalue weighted by molar-refractivity contribution is -0.131. The van der Waals surface area contributed by atoms with Crippen LogP contribution < -0.4 is 4.90 Å². The number of hydrogen-bond acceptors (Lipinski definition) is 5. The van der Waals surface area contributed by atoms with Crippen molar-refractivity contribution in [3.8, 4) is 0 Å². The molecule has 1 amide bonds. The zero-order chi connectivity index (χ0) is 15.1. The second-order valence-corrected chi connectivity index (χ2v) is 7.04. The summed E-state index contributed by atoms with van der Waals surface area (Å²) in [4.78, 5) is 27.8. The maximum absolute atomic E-state index is 11.8. The van der Waals surface area contributed by atoms with Gasteiger partial charge in [-0.3, -0.25) is 4.79 Å². The topological polar surface area (TPSA) is 49.3 Å². The van der Waals surface area contributed by atoms with Crippen LogP contribution >= 0.6 is 11.3 Å². The fourth-order valence-electron chi connectivity index (χ4n) is 3.54. The van der Waals surface area contributed by atoms with Crippen LogP contribution in [0, 0.1) is 0 Å². The van der Waals surface area contributed by atoms with E-state index in [1.54, 1.807) is 6.33 Å².